The fourth-order valence-corrected chi connectivity index (χ4v) is 3.19. The normalized spacial score (nSPS) is 14.2. The molecule has 13 heteroatoms. The van der Waals surface area contributed by atoms with Crippen molar-refractivity contribution in [3.63, 3.8) is 0 Å². The third kappa shape index (κ3) is 5.69. The van der Waals surface area contributed by atoms with Crippen LogP contribution in [0, 0.1) is 6.92 Å². The topological polar surface area (TPSA) is 138 Å². The number of rotatable bonds is 4. The van der Waals surface area contributed by atoms with E-state index in [2.05, 4.69) is 15.3 Å². The van der Waals surface area contributed by atoms with Gasteiger partial charge in [-0.05, 0) is 13.3 Å². The summed E-state index contributed by atoms with van der Waals surface area (Å²) >= 11 is 0. The Morgan fingerprint density at radius 3 is 2.29 bits per heavy atom. The molecule has 0 saturated carbocycles. The number of carboxylic acid groups (broad SMARTS) is 2. The van der Waals surface area contributed by atoms with Gasteiger partial charge in [-0.2, -0.15) is 13.2 Å². The van der Waals surface area contributed by atoms with Gasteiger partial charge in [-0.1, -0.05) is 6.92 Å². The predicted octanol–water partition coefficient (Wildman–Crippen LogP) is 0.790. The maximum absolute atomic E-state index is 13.0. The van der Waals surface area contributed by atoms with Gasteiger partial charge in [0.15, 0.2) is 11.2 Å². The quantitative estimate of drug-likeness (QED) is 0.624. The predicted molar refractivity (Wildman–Crippen MR) is 104 cm³/mol. The van der Waals surface area contributed by atoms with Crippen molar-refractivity contribution in [3.05, 3.63) is 27.8 Å². The molecule has 2 aromatic heterocycles. The first kappa shape index (κ1) is 24.1. The number of nitrogens with zero attached hydrogens (tertiary/aromatic N) is 4. The van der Waals surface area contributed by atoms with Crippen molar-refractivity contribution in [2.45, 2.75) is 33.0 Å². The van der Waals surface area contributed by atoms with Gasteiger partial charge in [0.1, 0.15) is 12.2 Å². The number of aromatic nitrogens is 3. The van der Waals surface area contributed by atoms with Crippen molar-refractivity contribution in [1.82, 2.24) is 19.9 Å². The van der Waals surface area contributed by atoms with E-state index in [1.807, 2.05) is 11.8 Å². The maximum Gasteiger partial charge on any atom is 0.490 e. The second-order valence-corrected chi connectivity index (χ2v) is 6.68. The number of nitrogens with one attached hydrogen (secondary N) is 1. The van der Waals surface area contributed by atoms with Crippen LogP contribution in [0.1, 0.15) is 18.3 Å². The van der Waals surface area contributed by atoms with Crippen molar-refractivity contribution < 1.29 is 33.0 Å². The SMILES string of the molecule is CCc1c(N2CCNCC2)c(=O)c2ncc(C)nc2n1CC(=O)O.O=C(O)C(F)(F)F. The van der Waals surface area contributed by atoms with Gasteiger partial charge in [0.25, 0.3) is 0 Å². The minimum absolute atomic E-state index is 0.169. The number of halogens is 3. The lowest BCUT2D eigenvalue weighted by Gasteiger charge is -2.31. The number of carbonyl (C=O) groups is 2. The van der Waals surface area contributed by atoms with Crippen molar-refractivity contribution in [2.75, 3.05) is 31.1 Å². The smallest absolute Gasteiger partial charge is 0.480 e. The molecule has 1 aliphatic rings. The summed E-state index contributed by atoms with van der Waals surface area (Å²) in [4.78, 5) is 44.0. The third-order valence-corrected chi connectivity index (χ3v) is 4.46. The number of aryl methyl sites for hydroxylation is 1. The van der Waals surface area contributed by atoms with Crippen LogP contribution in [0.25, 0.3) is 11.2 Å². The molecule has 1 aliphatic heterocycles. The molecule has 0 bridgehead atoms. The number of hydrogen-bond donors (Lipinski definition) is 3. The molecule has 3 N–H and O–H groups in total. The zero-order chi connectivity index (χ0) is 23.3. The lowest BCUT2D eigenvalue weighted by molar-refractivity contribution is -0.192. The van der Waals surface area contributed by atoms with E-state index >= 15 is 0 Å². The van der Waals surface area contributed by atoms with Crippen LogP contribution in [0.5, 0.6) is 0 Å². The number of hydrogen-bond acceptors (Lipinski definition) is 7. The molecule has 1 fully saturated rings. The van der Waals surface area contributed by atoms with Gasteiger partial charge < -0.3 is 25.0 Å². The largest absolute Gasteiger partial charge is 0.490 e. The molecule has 0 aliphatic carbocycles. The molecule has 3 heterocycles. The Morgan fingerprint density at radius 2 is 1.81 bits per heavy atom. The lowest BCUT2D eigenvalue weighted by atomic mass is 10.1. The van der Waals surface area contributed by atoms with Gasteiger partial charge >= 0.3 is 18.1 Å². The van der Waals surface area contributed by atoms with Crippen LogP contribution in [-0.4, -0.2) is 69.0 Å². The van der Waals surface area contributed by atoms with E-state index in [0.717, 1.165) is 13.1 Å². The number of aliphatic carboxylic acids is 2. The van der Waals surface area contributed by atoms with Gasteiger partial charge in [-0.25, -0.2) is 14.8 Å². The van der Waals surface area contributed by atoms with E-state index in [9.17, 15) is 27.9 Å². The maximum atomic E-state index is 13.0. The van der Waals surface area contributed by atoms with E-state index in [0.29, 0.717) is 42.2 Å². The minimum Gasteiger partial charge on any atom is -0.480 e. The van der Waals surface area contributed by atoms with Crippen molar-refractivity contribution in [1.29, 1.82) is 0 Å². The average molecular weight is 445 g/mol. The average Bonchev–Trinajstić information content (AvgIpc) is 2.69. The van der Waals surface area contributed by atoms with E-state index in [1.54, 1.807) is 17.7 Å². The molecular formula is C18H22F3N5O5. The van der Waals surface area contributed by atoms with Crippen LogP contribution in [0.2, 0.25) is 0 Å². The molecule has 170 valence electrons. The van der Waals surface area contributed by atoms with Gasteiger partial charge in [-0.3, -0.25) is 9.59 Å². The van der Waals surface area contributed by atoms with Crippen molar-refractivity contribution in [3.8, 4) is 0 Å². The van der Waals surface area contributed by atoms with Crippen LogP contribution in [0.3, 0.4) is 0 Å². The van der Waals surface area contributed by atoms with Crippen LogP contribution < -0.4 is 15.6 Å². The summed E-state index contributed by atoms with van der Waals surface area (Å²) in [6.45, 7) is 6.46. The molecule has 3 rings (SSSR count). The number of piperazine rings is 1. The van der Waals surface area contributed by atoms with E-state index in [-0.39, 0.29) is 17.5 Å². The summed E-state index contributed by atoms with van der Waals surface area (Å²) in [5.41, 5.74) is 2.32. The van der Waals surface area contributed by atoms with E-state index in [1.165, 1.54) is 0 Å². The van der Waals surface area contributed by atoms with Crippen LogP contribution in [0.4, 0.5) is 18.9 Å². The molecule has 0 spiro atoms. The lowest BCUT2D eigenvalue weighted by Crippen LogP contribution is -2.46. The Morgan fingerprint density at radius 1 is 1.23 bits per heavy atom. The Kier molecular flexibility index (Phi) is 7.55. The molecule has 1 saturated heterocycles. The van der Waals surface area contributed by atoms with Gasteiger partial charge in [0, 0.05) is 38.1 Å². The molecule has 0 radical (unpaired) electrons. The highest BCUT2D eigenvalue weighted by Crippen LogP contribution is 2.22. The Balaban J connectivity index is 0.000000423. The highest BCUT2D eigenvalue weighted by molar-refractivity contribution is 5.79. The second kappa shape index (κ2) is 9.73. The molecule has 0 aromatic carbocycles. The van der Waals surface area contributed by atoms with Crippen LogP contribution in [-0.2, 0) is 22.6 Å². The number of fused-ring (bicyclic) bond motifs is 1. The third-order valence-electron chi connectivity index (χ3n) is 4.46. The molecular weight excluding hydrogens is 423 g/mol. The summed E-state index contributed by atoms with van der Waals surface area (Å²) in [6.07, 6.45) is -2.99. The van der Waals surface area contributed by atoms with Crippen LogP contribution in [0.15, 0.2) is 11.0 Å². The Bertz CT molecular complexity index is 1030. The Labute approximate surface area is 174 Å². The number of alkyl halides is 3. The Hall–Kier alpha value is -3.22. The summed E-state index contributed by atoms with van der Waals surface area (Å²) in [5, 5.41) is 19.7. The first-order chi connectivity index (χ1) is 14.5. The van der Waals surface area contributed by atoms with Gasteiger partial charge in [0.05, 0.1) is 5.69 Å². The zero-order valence-electron chi connectivity index (χ0n) is 16.9. The fraction of sp³-hybridized carbons (Fsp3) is 0.500. The van der Waals surface area contributed by atoms with E-state index in [4.69, 9.17) is 9.90 Å². The second-order valence-electron chi connectivity index (χ2n) is 6.68. The molecule has 31 heavy (non-hydrogen) atoms. The first-order valence-corrected chi connectivity index (χ1v) is 9.34. The zero-order valence-corrected chi connectivity index (χ0v) is 16.9. The summed E-state index contributed by atoms with van der Waals surface area (Å²) in [7, 11) is 0. The van der Waals surface area contributed by atoms with Gasteiger partial charge in [-0.15, -0.1) is 0 Å². The summed E-state index contributed by atoms with van der Waals surface area (Å²) in [6, 6.07) is 0. The molecule has 0 amide bonds. The molecule has 0 unspecified atom stereocenters. The number of anilines is 1. The van der Waals surface area contributed by atoms with E-state index < -0.39 is 18.1 Å². The van der Waals surface area contributed by atoms with Gasteiger partial charge in [0.2, 0.25) is 5.43 Å². The molecule has 10 nitrogen and oxygen atoms in total. The first-order valence-electron chi connectivity index (χ1n) is 9.34. The highest BCUT2D eigenvalue weighted by Gasteiger charge is 2.38. The number of carboxylic acids is 2. The summed E-state index contributed by atoms with van der Waals surface area (Å²) < 4.78 is 33.4. The standard InChI is InChI=1S/C16H21N5O3.C2HF3O2/c1-3-11-14(20-6-4-17-5-7-20)15(24)13-16(19-10(2)8-18-13)21(11)9-12(22)23;3-2(4,5)1(6)7/h8,17H,3-7,9H2,1-2H3,(H,22,23);(H,6,7). The minimum atomic E-state index is -5.08. The number of pyridine rings is 1. The highest BCUT2D eigenvalue weighted by atomic mass is 19.4. The fourth-order valence-electron chi connectivity index (χ4n) is 3.19. The van der Waals surface area contributed by atoms with Crippen LogP contribution >= 0.6 is 0 Å². The molecule has 2 aromatic rings. The molecule has 0 atom stereocenters. The van der Waals surface area contributed by atoms with Crippen molar-refractivity contribution in [2.24, 2.45) is 0 Å². The monoisotopic (exact) mass is 445 g/mol. The summed E-state index contributed by atoms with van der Waals surface area (Å²) in [5.74, 6) is -3.73. The van der Waals surface area contributed by atoms with Crippen molar-refractivity contribution >= 4 is 28.8 Å².